The van der Waals surface area contributed by atoms with Crippen LogP contribution in [0.1, 0.15) is 45.4 Å². The van der Waals surface area contributed by atoms with E-state index in [1.807, 2.05) is 0 Å². The third-order valence-electron chi connectivity index (χ3n) is 5.73. The van der Waals surface area contributed by atoms with Crippen LogP contribution in [0.3, 0.4) is 0 Å². The molecule has 3 nitrogen and oxygen atoms in total. The number of fused-ring (bicyclic) bond motifs is 4. The molecule has 19 heavy (non-hydrogen) atoms. The maximum atomic E-state index is 12.7. The van der Waals surface area contributed by atoms with Crippen molar-refractivity contribution < 1.29 is 9.59 Å². The lowest BCUT2D eigenvalue weighted by molar-refractivity contribution is -0.127. The van der Waals surface area contributed by atoms with Gasteiger partial charge in [-0.2, -0.15) is 0 Å². The van der Waals surface area contributed by atoms with Gasteiger partial charge in [-0.1, -0.05) is 38.4 Å². The van der Waals surface area contributed by atoms with Gasteiger partial charge >= 0.3 is 0 Å². The normalized spacial score (nSPS) is 36.4. The first-order valence-corrected chi connectivity index (χ1v) is 10.5. The number of rotatable bonds is 4. The number of unbranched alkanes of at least 4 members (excludes halogenated alkanes) is 1. The molecule has 0 aromatic heterocycles. The van der Waals surface area contributed by atoms with Crippen molar-refractivity contribution >= 4 is 20.6 Å². The zero-order chi connectivity index (χ0) is 13.8. The van der Waals surface area contributed by atoms with Crippen LogP contribution >= 0.6 is 0 Å². The molecule has 1 N–H and O–H groups in total. The summed E-state index contributed by atoms with van der Waals surface area (Å²) in [5.41, 5.74) is 2.31. The van der Waals surface area contributed by atoms with E-state index >= 15 is 0 Å². The molecule has 1 heterocycles. The second kappa shape index (κ2) is 4.04. The molecule has 1 saturated carbocycles. The Bertz CT molecular complexity index is 496. The number of hydrogen-bond donors (Lipinski definition) is 1. The van der Waals surface area contributed by atoms with Crippen LogP contribution < -0.4 is 5.32 Å². The second-order valence-electron chi connectivity index (χ2n) is 6.79. The maximum Gasteiger partial charge on any atom is 0.254 e. The van der Waals surface area contributed by atoms with Crippen LogP contribution in [0.25, 0.3) is 0 Å². The highest BCUT2D eigenvalue weighted by Crippen LogP contribution is 2.73. The topological polar surface area (TPSA) is 46.2 Å². The van der Waals surface area contributed by atoms with E-state index in [1.165, 1.54) is 12.0 Å². The Kier molecular flexibility index (Phi) is 2.79. The quantitative estimate of drug-likeness (QED) is 0.634. The molecule has 1 aliphatic heterocycles. The lowest BCUT2D eigenvalue weighted by Crippen LogP contribution is -2.47. The standard InChI is InChI=1S/C15H23NO2Si/c1-4-5-7-14-8-6-10(9-14)11-12(17)16-13(18)15(11,14)19(2)3/h19H,4-9H2,1-3H3,(H,16,17,18). The minimum atomic E-state index is -1.30. The van der Waals surface area contributed by atoms with Crippen molar-refractivity contribution in [3.63, 3.8) is 0 Å². The summed E-state index contributed by atoms with van der Waals surface area (Å²) in [6.45, 7) is 6.69. The zero-order valence-corrected chi connectivity index (χ0v) is 13.3. The van der Waals surface area contributed by atoms with E-state index < -0.39 is 8.80 Å². The molecular weight excluding hydrogens is 254 g/mol. The minimum Gasteiger partial charge on any atom is -0.292 e. The van der Waals surface area contributed by atoms with Gasteiger partial charge in [-0.15, -0.1) is 0 Å². The fraction of sp³-hybridized carbons (Fsp3) is 0.733. The predicted molar refractivity (Wildman–Crippen MR) is 77.6 cm³/mol. The third-order valence-corrected chi connectivity index (χ3v) is 8.62. The molecule has 4 heteroatoms. The highest BCUT2D eigenvalue weighted by Gasteiger charge is 2.70. The second-order valence-corrected chi connectivity index (χ2v) is 9.96. The fourth-order valence-electron chi connectivity index (χ4n) is 5.12. The molecule has 0 spiro atoms. The van der Waals surface area contributed by atoms with E-state index in [2.05, 4.69) is 25.3 Å². The Morgan fingerprint density at radius 1 is 1.32 bits per heavy atom. The van der Waals surface area contributed by atoms with Crippen LogP contribution in [0.4, 0.5) is 0 Å². The van der Waals surface area contributed by atoms with E-state index in [-0.39, 0.29) is 22.3 Å². The summed E-state index contributed by atoms with van der Waals surface area (Å²) in [6.07, 6.45) is 6.64. The zero-order valence-electron chi connectivity index (χ0n) is 12.1. The number of hydrogen-bond acceptors (Lipinski definition) is 2. The molecule has 104 valence electrons. The molecule has 2 fully saturated rings. The van der Waals surface area contributed by atoms with Crippen LogP contribution in [0, 0.1) is 5.41 Å². The summed E-state index contributed by atoms with van der Waals surface area (Å²) in [6, 6.07) is 0. The number of carbonyl (C=O) groups excluding carboxylic acids is 2. The summed E-state index contributed by atoms with van der Waals surface area (Å²) in [7, 11) is -1.30. The molecule has 0 radical (unpaired) electrons. The molecule has 3 rings (SSSR count). The SMILES string of the molecule is CCCCC12CCC(=C3C(=O)NC(=O)C31[SiH](C)C)C2. The van der Waals surface area contributed by atoms with Gasteiger partial charge in [-0.3, -0.25) is 14.9 Å². The smallest absolute Gasteiger partial charge is 0.254 e. The molecule has 0 aromatic rings. The summed E-state index contributed by atoms with van der Waals surface area (Å²) in [5, 5.41) is 2.26. The first-order valence-electron chi connectivity index (χ1n) is 7.58. The third kappa shape index (κ3) is 1.33. The average molecular weight is 277 g/mol. The number of allylic oxidation sites excluding steroid dienone is 1. The molecule has 2 atom stereocenters. The summed E-state index contributed by atoms with van der Waals surface area (Å²) in [5.74, 6) is -0.0285. The number of imide groups is 1. The van der Waals surface area contributed by atoms with Crippen LogP contribution in [-0.4, -0.2) is 20.6 Å². The molecule has 0 aromatic carbocycles. The molecule has 2 aliphatic carbocycles. The Morgan fingerprint density at radius 3 is 2.68 bits per heavy atom. The van der Waals surface area contributed by atoms with Crippen LogP contribution in [0.15, 0.2) is 11.1 Å². The van der Waals surface area contributed by atoms with Gasteiger partial charge < -0.3 is 0 Å². The summed E-state index contributed by atoms with van der Waals surface area (Å²) in [4.78, 5) is 24.9. The Balaban J connectivity index is 2.15. The molecule has 2 amide bonds. The molecular formula is C15H23NO2Si. The predicted octanol–water partition coefficient (Wildman–Crippen LogP) is 2.54. The van der Waals surface area contributed by atoms with E-state index in [4.69, 9.17) is 0 Å². The number of amides is 2. The van der Waals surface area contributed by atoms with Gasteiger partial charge in [-0.05, 0) is 31.1 Å². The van der Waals surface area contributed by atoms with Crippen molar-refractivity contribution in [3.05, 3.63) is 11.1 Å². The highest BCUT2D eigenvalue weighted by molar-refractivity contribution is 6.68. The molecule has 3 aliphatic rings. The molecule has 1 saturated heterocycles. The van der Waals surface area contributed by atoms with Crippen molar-refractivity contribution in [1.29, 1.82) is 0 Å². The van der Waals surface area contributed by atoms with Gasteiger partial charge in [0.25, 0.3) is 5.91 Å². The maximum absolute atomic E-state index is 12.7. The summed E-state index contributed by atoms with van der Waals surface area (Å²) >= 11 is 0. The molecule has 2 bridgehead atoms. The van der Waals surface area contributed by atoms with Crippen molar-refractivity contribution in [3.8, 4) is 0 Å². The van der Waals surface area contributed by atoms with Crippen molar-refractivity contribution in [2.45, 2.75) is 63.6 Å². The summed E-state index contributed by atoms with van der Waals surface area (Å²) < 4.78 is 0. The number of nitrogens with one attached hydrogen (secondary N) is 1. The van der Waals surface area contributed by atoms with Crippen LogP contribution in [0.2, 0.25) is 18.1 Å². The van der Waals surface area contributed by atoms with Gasteiger partial charge in [0.15, 0.2) is 0 Å². The van der Waals surface area contributed by atoms with Gasteiger partial charge in [0.2, 0.25) is 5.91 Å². The highest BCUT2D eigenvalue weighted by atomic mass is 28.3. The van der Waals surface area contributed by atoms with Crippen LogP contribution in [0.5, 0.6) is 0 Å². The fourth-order valence-corrected chi connectivity index (χ4v) is 8.24. The lowest BCUT2D eigenvalue weighted by Gasteiger charge is -2.45. The largest absolute Gasteiger partial charge is 0.292 e. The van der Waals surface area contributed by atoms with E-state index in [0.29, 0.717) is 0 Å². The van der Waals surface area contributed by atoms with E-state index in [0.717, 1.165) is 37.7 Å². The van der Waals surface area contributed by atoms with E-state index in [1.54, 1.807) is 0 Å². The Morgan fingerprint density at radius 2 is 2.05 bits per heavy atom. The molecule has 2 unspecified atom stereocenters. The van der Waals surface area contributed by atoms with Crippen molar-refractivity contribution in [2.24, 2.45) is 5.41 Å². The van der Waals surface area contributed by atoms with Gasteiger partial charge in [0, 0.05) is 5.57 Å². The van der Waals surface area contributed by atoms with E-state index in [9.17, 15) is 9.59 Å². The van der Waals surface area contributed by atoms with Gasteiger partial charge in [0.05, 0.1) is 13.8 Å². The lowest BCUT2D eigenvalue weighted by atomic mass is 9.69. The first-order chi connectivity index (χ1) is 8.99. The first kappa shape index (κ1) is 13.1. The Labute approximate surface area is 116 Å². The van der Waals surface area contributed by atoms with Gasteiger partial charge in [-0.25, -0.2) is 0 Å². The van der Waals surface area contributed by atoms with Crippen molar-refractivity contribution in [2.75, 3.05) is 0 Å². The minimum absolute atomic E-state index is 0.0416. The average Bonchev–Trinajstić information content (AvgIpc) is 2.97. The van der Waals surface area contributed by atoms with Crippen LogP contribution in [-0.2, 0) is 9.59 Å². The monoisotopic (exact) mass is 277 g/mol. The Hall–Kier alpha value is -0.903. The number of carbonyl (C=O) groups is 2. The van der Waals surface area contributed by atoms with Crippen molar-refractivity contribution in [1.82, 2.24) is 5.32 Å². The van der Waals surface area contributed by atoms with Gasteiger partial charge in [0.1, 0.15) is 0 Å².